The maximum atomic E-state index is 12.1. The number of aromatic nitrogens is 2. The van der Waals surface area contributed by atoms with E-state index in [2.05, 4.69) is 15.3 Å². The van der Waals surface area contributed by atoms with Crippen LogP contribution in [0.2, 0.25) is 0 Å². The van der Waals surface area contributed by atoms with Gasteiger partial charge in [-0.25, -0.2) is 4.98 Å². The number of nitrogens with one attached hydrogen (secondary N) is 2. The van der Waals surface area contributed by atoms with Gasteiger partial charge in [-0.2, -0.15) is 0 Å². The van der Waals surface area contributed by atoms with Crippen molar-refractivity contribution in [2.45, 2.75) is 51.5 Å². The average molecular weight is 279 g/mol. The molecule has 1 aliphatic rings. The lowest BCUT2D eigenvalue weighted by Crippen LogP contribution is -2.39. The summed E-state index contributed by atoms with van der Waals surface area (Å²) >= 11 is 0. The highest BCUT2D eigenvalue weighted by Gasteiger charge is 2.41. The van der Waals surface area contributed by atoms with Gasteiger partial charge in [0.2, 0.25) is 5.91 Å². The van der Waals surface area contributed by atoms with Crippen molar-refractivity contribution >= 4 is 11.9 Å². The van der Waals surface area contributed by atoms with Crippen molar-refractivity contribution < 1.29 is 14.7 Å². The van der Waals surface area contributed by atoms with Crippen LogP contribution in [0.25, 0.3) is 0 Å². The molecule has 110 valence electrons. The number of imidazole rings is 1. The molecule has 1 unspecified atom stereocenters. The van der Waals surface area contributed by atoms with E-state index in [1.807, 2.05) is 6.92 Å². The minimum atomic E-state index is -0.884. The average Bonchev–Trinajstić information content (AvgIpc) is 2.93. The van der Waals surface area contributed by atoms with Gasteiger partial charge in [0.1, 0.15) is 5.82 Å². The molecule has 0 aliphatic heterocycles. The summed E-state index contributed by atoms with van der Waals surface area (Å²) in [5, 5.41) is 12.3. The molecular formula is C14H21N3O3. The number of H-pyrrole nitrogens is 1. The van der Waals surface area contributed by atoms with E-state index in [1.54, 1.807) is 12.4 Å². The first kappa shape index (κ1) is 14.6. The summed E-state index contributed by atoms with van der Waals surface area (Å²) in [4.78, 5) is 30.7. The molecule has 1 atom stereocenters. The second-order valence-corrected chi connectivity index (χ2v) is 5.59. The Kier molecular flexibility index (Phi) is 4.42. The SMILES string of the molecule is CC(NC(=O)CC1(C(=O)O)CCCCC1)c1ncc[nH]1. The highest BCUT2D eigenvalue weighted by Crippen LogP contribution is 2.39. The Labute approximate surface area is 118 Å². The van der Waals surface area contributed by atoms with Gasteiger partial charge >= 0.3 is 5.97 Å². The van der Waals surface area contributed by atoms with E-state index in [-0.39, 0.29) is 18.4 Å². The zero-order valence-corrected chi connectivity index (χ0v) is 11.7. The fourth-order valence-corrected chi connectivity index (χ4v) is 2.88. The lowest BCUT2D eigenvalue weighted by Gasteiger charge is -2.32. The molecule has 1 amide bonds. The molecule has 1 aliphatic carbocycles. The van der Waals surface area contributed by atoms with Crippen LogP contribution in [0.5, 0.6) is 0 Å². The lowest BCUT2D eigenvalue weighted by molar-refractivity contribution is -0.154. The maximum Gasteiger partial charge on any atom is 0.310 e. The summed E-state index contributed by atoms with van der Waals surface area (Å²) in [6.45, 7) is 1.82. The number of carboxylic acids is 1. The van der Waals surface area contributed by atoms with Crippen LogP contribution in [0.3, 0.4) is 0 Å². The normalized spacial score (nSPS) is 19.2. The molecule has 1 fully saturated rings. The summed E-state index contributed by atoms with van der Waals surface area (Å²) in [7, 11) is 0. The number of carbonyl (C=O) groups excluding carboxylic acids is 1. The number of amides is 1. The second kappa shape index (κ2) is 6.07. The molecule has 20 heavy (non-hydrogen) atoms. The number of carbonyl (C=O) groups is 2. The molecule has 0 bridgehead atoms. The van der Waals surface area contributed by atoms with E-state index >= 15 is 0 Å². The molecule has 0 aromatic carbocycles. The van der Waals surface area contributed by atoms with E-state index in [1.165, 1.54) is 0 Å². The van der Waals surface area contributed by atoms with Gasteiger partial charge in [-0.3, -0.25) is 9.59 Å². The van der Waals surface area contributed by atoms with Crippen molar-refractivity contribution in [3.8, 4) is 0 Å². The van der Waals surface area contributed by atoms with Crippen molar-refractivity contribution in [3.63, 3.8) is 0 Å². The standard InChI is InChI=1S/C14H21N3O3/c1-10(12-15-7-8-16-12)17-11(18)9-14(13(19)20)5-3-2-4-6-14/h7-8,10H,2-6,9H2,1H3,(H,15,16)(H,17,18)(H,19,20). The third-order valence-corrected chi connectivity index (χ3v) is 4.07. The Morgan fingerprint density at radius 2 is 2.15 bits per heavy atom. The van der Waals surface area contributed by atoms with Crippen LogP contribution in [0.4, 0.5) is 0 Å². The number of hydrogen-bond donors (Lipinski definition) is 3. The predicted molar refractivity (Wildman–Crippen MR) is 72.9 cm³/mol. The van der Waals surface area contributed by atoms with Gasteiger partial charge in [0.05, 0.1) is 11.5 Å². The monoisotopic (exact) mass is 279 g/mol. The van der Waals surface area contributed by atoms with Gasteiger partial charge in [0.15, 0.2) is 0 Å². The molecule has 3 N–H and O–H groups in total. The highest BCUT2D eigenvalue weighted by atomic mass is 16.4. The molecule has 1 heterocycles. The van der Waals surface area contributed by atoms with Crippen LogP contribution in [0, 0.1) is 5.41 Å². The quantitative estimate of drug-likeness (QED) is 0.768. The van der Waals surface area contributed by atoms with Gasteiger partial charge < -0.3 is 15.4 Å². The Morgan fingerprint density at radius 1 is 1.45 bits per heavy atom. The molecule has 0 saturated heterocycles. The van der Waals surface area contributed by atoms with Crippen molar-refractivity contribution in [2.75, 3.05) is 0 Å². The van der Waals surface area contributed by atoms with Crippen molar-refractivity contribution in [3.05, 3.63) is 18.2 Å². The van der Waals surface area contributed by atoms with Crippen LogP contribution < -0.4 is 5.32 Å². The van der Waals surface area contributed by atoms with Crippen LogP contribution in [0.1, 0.15) is 57.3 Å². The molecule has 1 saturated carbocycles. The smallest absolute Gasteiger partial charge is 0.310 e. The minimum absolute atomic E-state index is 0.0490. The molecule has 0 spiro atoms. The molecule has 2 rings (SSSR count). The third-order valence-electron chi connectivity index (χ3n) is 4.07. The number of carboxylic acid groups (broad SMARTS) is 1. The number of rotatable bonds is 5. The molecule has 1 aromatic rings. The van der Waals surface area contributed by atoms with E-state index in [0.29, 0.717) is 18.7 Å². The zero-order chi connectivity index (χ0) is 14.6. The predicted octanol–water partition coefficient (Wildman–Crippen LogP) is 2.01. The van der Waals surface area contributed by atoms with Gasteiger partial charge in [-0.1, -0.05) is 19.3 Å². The third kappa shape index (κ3) is 3.18. The molecule has 1 aromatic heterocycles. The molecule has 6 nitrogen and oxygen atoms in total. The van der Waals surface area contributed by atoms with E-state index in [9.17, 15) is 14.7 Å². The van der Waals surface area contributed by atoms with Crippen molar-refractivity contribution in [2.24, 2.45) is 5.41 Å². The first-order chi connectivity index (χ1) is 9.53. The summed E-state index contributed by atoms with van der Waals surface area (Å²) in [6.07, 6.45) is 7.36. The Morgan fingerprint density at radius 3 is 2.70 bits per heavy atom. The number of nitrogens with zero attached hydrogens (tertiary/aromatic N) is 1. The minimum Gasteiger partial charge on any atom is -0.481 e. The zero-order valence-electron chi connectivity index (χ0n) is 11.7. The van der Waals surface area contributed by atoms with E-state index in [4.69, 9.17) is 0 Å². The van der Waals surface area contributed by atoms with Crippen molar-refractivity contribution in [1.82, 2.24) is 15.3 Å². The fraction of sp³-hybridized carbons (Fsp3) is 0.643. The fourth-order valence-electron chi connectivity index (χ4n) is 2.88. The Bertz CT molecular complexity index is 464. The summed E-state index contributed by atoms with van der Waals surface area (Å²) in [5.74, 6) is -0.400. The van der Waals surface area contributed by atoms with Crippen LogP contribution in [-0.2, 0) is 9.59 Å². The van der Waals surface area contributed by atoms with Crippen LogP contribution >= 0.6 is 0 Å². The van der Waals surface area contributed by atoms with Gasteiger partial charge in [-0.15, -0.1) is 0 Å². The van der Waals surface area contributed by atoms with Crippen LogP contribution in [-0.4, -0.2) is 27.0 Å². The number of aromatic amines is 1. The molecule has 0 radical (unpaired) electrons. The molecular weight excluding hydrogens is 258 g/mol. The summed E-state index contributed by atoms with van der Waals surface area (Å²) in [5.41, 5.74) is -0.884. The lowest BCUT2D eigenvalue weighted by atomic mass is 9.71. The topological polar surface area (TPSA) is 95.1 Å². The number of aliphatic carboxylic acids is 1. The van der Waals surface area contributed by atoms with Gasteiger partial charge in [0, 0.05) is 18.8 Å². The van der Waals surface area contributed by atoms with E-state index < -0.39 is 11.4 Å². The van der Waals surface area contributed by atoms with E-state index in [0.717, 1.165) is 19.3 Å². The van der Waals surface area contributed by atoms with Crippen molar-refractivity contribution in [1.29, 1.82) is 0 Å². The largest absolute Gasteiger partial charge is 0.481 e. The van der Waals surface area contributed by atoms with Crippen LogP contribution in [0.15, 0.2) is 12.4 Å². The Hall–Kier alpha value is -1.85. The first-order valence-corrected chi connectivity index (χ1v) is 7.05. The maximum absolute atomic E-state index is 12.1. The summed E-state index contributed by atoms with van der Waals surface area (Å²) in [6, 6.07) is -0.244. The second-order valence-electron chi connectivity index (χ2n) is 5.59. The molecule has 6 heteroatoms. The summed E-state index contributed by atoms with van der Waals surface area (Å²) < 4.78 is 0. The Balaban J connectivity index is 1.97. The van der Waals surface area contributed by atoms with Gasteiger partial charge in [-0.05, 0) is 19.8 Å². The highest BCUT2D eigenvalue weighted by molar-refractivity contribution is 5.85. The van der Waals surface area contributed by atoms with Gasteiger partial charge in [0.25, 0.3) is 0 Å². The first-order valence-electron chi connectivity index (χ1n) is 7.05. The number of hydrogen-bond acceptors (Lipinski definition) is 3.